The van der Waals surface area contributed by atoms with Gasteiger partial charge >= 0.3 is 11.9 Å². The molecule has 0 atom stereocenters. The molecule has 12 heteroatoms. The summed E-state index contributed by atoms with van der Waals surface area (Å²) in [6, 6.07) is 0. The molecule has 2 heterocycles. The third-order valence-corrected chi connectivity index (χ3v) is 3.08. The SMILES string of the molecule is CCC(=O)ON1C(=O)CCC1=O.CCC(=O)ON1C(=O)CCC1=O.OCCO. The molecule has 4 amide bonds. The van der Waals surface area contributed by atoms with Gasteiger partial charge in [0, 0.05) is 38.5 Å². The van der Waals surface area contributed by atoms with Gasteiger partial charge in [0.2, 0.25) is 0 Å². The number of hydrogen-bond donors (Lipinski definition) is 2. The Kier molecular flexibility index (Phi) is 12.0. The number of hydroxylamine groups is 4. The maximum atomic E-state index is 10.9. The van der Waals surface area contributed by atoms with Crippen molar-refractivity contribution >= 4 is 35.6 Å². The average Bonchev–Trinajstić information content (AvgIpc) is 3.18. The van der Waals surface area contributed by atoms with E-state index in [0.717, 1.165) is 0 Å². The Labute approximate surface area is 160 Å². The summed E-state index contributed by atoms with van der Waals surface area (Å²) in [4.78, 5) is 73.8. The minimum Gasteiger partial charge on any atom is -0.394 e. The molecule has 12 nitrogen and oxygen atoms in total. The molecule has 2 saturated heterocycles. The van der Waals surface area contributed by atoms with Crippen molar-refractivity contribution < 1.29 is 48.7 Å². The van der Waals surface area contributed by atoms with Gasteiger partial charge in [-0.25, -0.2) is 9.59 Å². The van der Waals surface area contributed by atoms with Crippen molar-refractivity contribution in [3.63, 3.8) is 0 Å². The van der Waals surface area contributed by atoms with E-state index in [4.69, 9.17) is 10.2 Å². The van der Waals surface area contributed by atoms with Gasteiger partial charge in [-0.1, -0.05) is 13.8 Å². The molecule has 2 N–H and O–H groups in total. The molecule has 2 aliphatic heterocycles. The Morgan fingerprint density at radius 3 is 1.14 bits per heavy atom. The van der Waals surface area contributed by atoms with Crippen molar-refractivity contribution in [2.75, 3.05) is 13.2 Å². The van der Waals surface area contributed by atoms with Crippen LogP contribution in [0.4, 0.5) is 0 Å². The lowest BCUT2D eigenvalue weighted by Crippen LogP contribution is -2.31. The van der Waals surface area contributed by atoms with Gasteiger partial charge in [0.15, 0.2) is 0 Å². The molecule has 28 heavy (non-hydrogen) atoms. The van der Waals surface area contributed by atoms with E-state index in [0.29, 0.717) is 10.1 Å². The van der Waals surface area contributed by atoms with Gasteiger partial charge in [-0.3, -0.25) is 19.2 Å². The molecule has 0 radical (unpaired) electrons. The first-order chi connectivity index (χ1) is 13.2. The fourth-order valence-corrected chi connectivity index (χ4v) is 1.65. The Balaban J connectivity index is 0.000000439. The second-order valence-corrected chi connectivity index (χ2v) is 5.24. The number of aliphatic hydroxyl groups is 2. The third kappa shape index (κ3) is 8.68. The molecule has 158 valence electrons. The van der Waals surface area contributed by atoms with Gasteiger partial charge < -0.3 is 19.9 Å². The standard InChI is InChI=1S/2C7H9NO4.C2H6O2/c2*1-2-7(11)12-8-5(9)3-4-6(8)10;3-1-2-4/h2*2-4H2,1H3;3-4H,1-2H2. The van der Waals surface area contributed by atoms with Crippen LogP contribution >= 0.6 is 0 Å². The highest BCUT2D eigenvalue weighted by Crippen LogP contribution is 2.13. The quantitative estimate of drug-likeness (QED) is 0.541. The van der Waals surface area contributed by atoms with Crippen LogP contribution in [-0.4, -0.2) is 69.1 Å². The molecule has 2 rings (SSSR count). The van der Waals surface area contributed by atoms with E-state index in [9.17, 15) is 28.8 Å². The number of carbonyl (C=O) groups excluding carboxylic acids is 6. The first-order valence-corrected chi connectivity index (χ1v) is 8.56. The Morgan fingerprint density at radius 2 is 0.964 bits per heavy atom. The molecule has 2 fully saturated rings. The van der Waals surface area contributed by atoms with Crippen molar-refractivity contribution in [3.8, 4) is 0 Å². The Bertz CT molecular complexity index is 520. The number of nitrogens with zero attached hydrogens (tertiary/aromatic N) is 2. The van der Waals surface area contributed by atoms with E-state index >= 15 is 0 Å². The largest absolute Gasteiger partial charge is 0.394 e. The van der Waals surface area contributed by atoms with Crippen LogP contribution in [0.5, 0.6) is 0 Å². The topological polar surface area (TPSA) is 168 Å². The monoisotopic (exact) mass is 404 g/mol. The van der Waals surface area contributed by atoms with Gasteiger partial charge in [-0.2, -0.15) is 0 Å². The van der Waals surface area contributed by atoms with Crippen molar-refractivity contribution in [2.24, 2.45) is 0 Å². The number of aliphatic hydroxyl groups excluding tert-OH is 2. The highest BCUT2D eigenvalue weighted by atomic mass is 16.7. The van der Waals surface area contributed by atoms with Crippen LogP contribution in [-0.2, 0) is 38.4 Å². The molecule has 0 aromatic carbocycles. The summed E-state index contributed by atoms with van der Waals surface area (Å²) in [5.41, 5.74) is 0. The summed E-state index contributed by atoms with van der Waals surface area (Å²) >= 11 is 0. The lowest BCUT2D eigenvalue weighted by atomic mass is 10.4. The predicted molar refractivity (Wildman–Crippen MR) is 89.1 cm³/mol. The number of carbonyl (C=O) groups is 6. The lowest BCUT2D eigenvalue weighted by Gasteiger charge is -2.10. The smallest absolute Gasteiger partial charge is 0.332 e. The van der Waals surface area contributed by atoms with Gasteiger partial charge in [0.1, 0.15) is 0 Å². The molecular formula is C16H24N2O10. The molecule has 0 aromatic rings. The van der Waals surface area contributed by atoms with Crippen LogP contribution in [0.3, 0.4) is 0 Å². The van der Waals surface area contributed by atoms with E-state index in [1.54, 1.807) is 13.8 Å². The Morgan fingerprint density at radius 1 is 0.714 bits per heavy atom. The van der Waals surface area contributed by atoms with Crippen LogP contribution in [0.2, 0.25) is 0 Å². The minimum absolute atomic E-state index is 0.125. The number of imide groups is 2. The molecule has 0 aliphatic carbocycles. The molecule has 2 aliphatic rings. The predicted octanol–water partition coefficient (Wildman–Crippen LogP) is -1.02. The van der Waals surface area contributed by atoms with E-state index in [1.807, 2.05) is 0 Å². The van der Waals surface area contributed by atoms with E-state index in [1.165, 1.54) is 0 Å². The fraction of sp³-hybridized carbons (Fsp3) is 0.625. The third-order valence-electron chi connectivity index (χ3n) is 3.08. The highest BCUT2D eigenvalue weighted by Gasteiger charge is 2.33. The summed E-state index contributed by atoms with van der Waals surface area (Å²) in [5.74, 6) is -2.91. The maximum absolute atomic E-state index is 10.9. The number of hydrogen-bond acceptors (Lipinski definition) is 10. The molecule has 0 aromatic heterocycles. The van der Waals surface area contributed by atoms with Crippen molar-refractivity contribution in [3.05, 3.63) is 0 Å². The summed E-state index contributed by atoms with van der Waals surface area (Å²) in [6.07, 6.45) is 0.839. The van der Waals surface area contributed by atoms with Crippen molar-refractivity contribution in [1.82, 2.24) is 10.1 Å². The molecule has 0 unspecified atom stereocenters. The second-order valence-electron chi connectivity index (χ2n) is 5.24. The van der Waals surface area contributed by atoms with Gasteiger partial charge in [-0.05, 0) is 0 Å². The van der Waals surface area contributed by atoms with Gasteiger partial charge in [0.05, 0.1) is 13.2 Å². The van der Waals surface area contributed by atoms with Crippen LogP contribution in [0.1, 0.15) is 52.4 Å². The van der Waals surface area contributed by atoms with Crippen LogP contribution < -0.4 is 0 Å². The summed E-state index contributed by atoms with van der Waals surface area (Å²) in [6.45, 7) is 2.93. The van der Waals surface area contributed by atoms with Gasteiger partial charge in [-0.15, -0.1) is 10.1 Å². The Hall–Kier alpha value is -2.86. The summed E-state index contributed by atoms with van der Waals surface area (Å²) in [7, 11) is 0. The zero-order valence-electron chi connectivity index (χ0n) is 15.7. The van der Waals surface area contributed by atoms with Crippen LogP contribution in [0.25, 0.3) is 0 Å². The first kappa shape index (κ1) is 25.1. The lowest BCUT2D eigenvalue weighted by molar-refractivity contribution is -0.197. The number of amides is 4. The summed E-state index contributed by atoms with van der Waals surface area (Å²) < 4.78 is 0. The normalized spacial score (nSPS) is 15.6. The molecule has 0 bridgehead atoms. The summed E-state index contributed by atoms with van der Waals surface area (Å²) in [5, 5.41) is 16.3. The second kappa shape index (κ2) is 13.3. The van der Waals surface area contributed by atoms with Crippen molar-refractivity contribution in [2.45, 2.75) is 52.4 Å². The van der Waals surface area contributed by atoms with Crippen molar-refractivity contribution in [1.29, 1.82) is 0 Å². The zero-order valence-corrected chi connectivity index (χ0v) is 15.7. The maximum Gasteiger partial charge on any atom is 0.332 e. The number of rotatable bonds is 5. The van der Waals surface area contributed by atoms with E-state index in [2.05, 4.69) is 9.68 Å². The minimum atomic E-state index is -0.571. The zero-order chi connectivity index (χ0) is 21.7. The molecule has 0 spiro atoms. The fourth-order valence-electron chi connectivity index (χ4n) is 1.65. The first-order valence-electron chi connectivity index (χ1n) is 8.56. The average molecular weight is 404 g/mol. The van der Waals surface area contributed by atoms with Crippen LogP contribution in [0, 0.1) is 0 Å². The molecule has 0 saturated carbocycles. The van der Waals surface area contributed by atoms with E-state index in [-0.39, 0.29) is 51.7 Å². The van der Waals surface area contributed by atoms with Gasteiger partial charge in [0.25, 0.3) is 23.6 Å². The highest BCUT2D eigenvalue weighted by molar-refractivity contribution is 6.02. The van der Waals surface area contributed by atoms with E-state index < -0.39 is 35.6 Å². The molecular weight excluding hydrogens is 380 g/mol. The van der Waals surface area contributed by atoms with Crippen LogP contribution in [0.15, 0.2) is 0 Å².